The van der Waals surface area contributed by atoms with Crippen LogP contribution < -0.4 is 0 Å². The zero-order valence-corrected chi connectivity index (χ0v) is 25.4. The molecule has 0 N–H and O–H groups in total. The highest BCUT2D eigenvalue weighted by Gasteiger charge is 2.88. The van der Waals surface area contributed by atoms with Gasteiger partial charge in [0.25, 0.3) is 0 Å². The van der Waals surface area contributed by atoms with Gasteiger partial charge in [-0.25, -0.2) is 4.79 Å². The van der Waals surface area contributed by atoms with Gasteiger partial charge in [0, 0.05) is 5.57 Å². The van der Waals surface area contributed by atoms with Crippen molar-refractivity contribution in [3.05, 3.63) is 12.2 Å². The second kappa shape index (κ2) is 17.2. The van der Waals surface area contributed by atoms with E-state index in [1.807, 2.05) is 0 Å². The van der Waals surface area contributed by atoms with Crippen molar-refractivity contribution in [3.8, 4) is 0 Å². The summed E-state index contributed by atoms with van der Waals surface area (Å²) in [6.45, 7) is 6.33. The molecule has 1 saturated carbocycles. The van der Waals surface area contributed by atoms with E-state index in [0.29, 0.717) is 6.42 Å². The molecule has 3 atom stereocenters. The number of alkyl halides is 5. The van der Waals surface area contributed by atoms with Gasteiger partial charge >= 0.3 is 23.9 Å². The Labute approximate surface area is 244 Å². The minimum atomic E-state index is -5.52. The molecule has 0 spiro atoms. The molecule has 1 saturated heterocycles. The number of hydrogen-bond donors (Lipinski definition) is 0. The predicted molar refractivity (Wildman–Crippen MR) is 151 cm³/mol. The minimum Gasteiger partial charge on any atom is -0.446 e. The highest BCUT2D eigenvalue weighted by Crippen LogP contribution is 2.63. The molecule has 2 rings (SSSR count). The summed E-state index contributed by atoms with van der Waals surface area (Å²) in [6, 6.07) is 0. The van der Waals surface area contributed by atoms with Crippen molar-refractivity contribution in [2.24, 2.45) is 0 Å². The van der Waals surface area contributed by atoms with Crippen LogP contribution in [0.25, 0.3) is 0 Å². The predicted octanol–water partition coefficient (Wildman–Crippen LogP) is 10.4. The number of halogens is 5. The highest BCUT2D eigenvalue weighted by molar-refractivity contribution is 5.87. The Morgan fingerprint density at radius 3 is 1.68 bits per heavy atom. The monoisotopic (exact) mass is 596 g/mol. The summed E-state index contributed by atoms with van der Waals surface area (Å²) in [6.07, 6.45) is 13.0. The lowest BCUT2D eigenvalue weighted by Gasteiger charge is -2.39. The molecule has 0 amide bonds. The molecule has 1 aliphatic carbocycles. The zero-order chi connectivity index (χ0) is 30.4. The normalized spacial score (nSPS) is 25.4. The molecule has 0 aromatic heterocycles. The van der Waals surface area contributed by atoms with Crippen molar-refractivity contribution in [3.63, 3.8) is 0 Å². The molecule has 1 aliphatic heterocycles. The first-order valence-electron chi connectivity index (χ1n) is 16.1. The first-order chi connectivity index (χ1) is 19.5. The molecule has 9 heteroatoms. The maximum absolute atomic E-state index is 15.7. The topological polar surface area (TPSA) is 44.8 Å². The molecule has 0 radical (unpaired) electrons. The summed E-state index contributed by atoms with van der Waals surface area (Å²) in [7, 11) is 0. The van der Waals surface area contributed by atoms with Gasteiger partial charge in [0.1, 0.15) is 6.10 Å². The fourth-order valence-electron chi connectivity index (χ4n) is 6.11. The van der Waals surface area contributed by atoms with Crippen LogP contribution in [0.4, 0.5) is 22.0 Å². The van der Waals surface area contributed by atoms with Crippen molar-refractivity contribution in [2.75, 3.05) is 6.61 Å². The standard InChI is InChI=1S/C32H53F5O4/c1-4-5-6-7-8-9-10-11-12-13-14-15-16-17-18-19-20-21-25-39-31(32(35,36)37)30(33,34)29(41-28(38)26(2)3)24-22-23-27(29)40-31/h27H,2,4-25H2,1,3H3. The van der Waals surface area contributed by atoms with E-state index < -0.39 is 48.6 Å². The third kappa shape index (κ3) is 9.38. The van der Waals surface area contributed by atoms with Crippen molar-refractivity contribution in [1.29, 1.82) is 0 Å². The Morgan fingerprint density at radius 1 is 0.829 bits per heavy atom. The number of carbonyl (C=O) groups excluding carboxylic acids is 1. The fourth-order valence-corrected chi connectivity index (χ4v) is 6.11. The molecule has 0 aromatic rings. The molecule has 4 nitrogen and oxygen atoms in total. The molecular formula is C32H53F5O4. The summed E-state index contributed by atoms with van der Waals surface area (Å²) in [4.78, 5) is 12.1. The van der Waals surface area contributed by atoms with E-state index in [4.69, 9.17) is 14.2 Å². The lowest BCUT2D eigenvalue weighted by molar-refractivity contribution is -0.427. The Hall–Kier alpha value is -1.22. The molecular weight excluding hydrogens is 543 g/mol. The SMILES string of the molecule is C=C(C)C(=O)OC12CCCC1OC(OCCCCCCCCCCCCCCCCCCCC)(C(F)(F)F)C2(F)F. The third-order valence-electron chi connectivity index (χ3n) is 8.59. The van der Waals surface area contributed by atoms with Gasteiger partial charge in [0.15, 0.2) is 0 Å². The maximum Gasteiger partial charge on any atom is 0.450 e. The van der Waals surface area contributed by atoms with E-state index >= 15 is 8.78 Å². The van der Waals surface area contributed by atoms with Gasteiger partial charge < -0.3 is 14.2 Å². The number of rotatable bonds is 22. The van der Waals surface area contributed by atoms with E-state index in [2.05, 4.69) is 13.5 Å². The van der Waals surface area contributed by atoms with Gasteiger partial charge in [-0.1, -0.05) is 123 Å². The lowest BCUT2D eigenvalue weighted by atomic mass is 9.88. The van der Waals surface area contributed by atoms with Crippen LogP contribution in [0.1, 0.15) is 149 Å². The van der Waals surface area contributed by atoms with Gasteiger partial charge in [0.05, 0.1) is 6.61 Å². The van der Waals surface area contributed by atoms with Crippen molar-refractivity contribution >= 4 is 5.97 Å². The molecule has 2 fully saturated rings. The minimum absolute atomic E-state index is 0.0839. The number of fused-ring (bicyclic) bond motifs is 1. The largest absolute Gasteiger partial charge is 0.450 e. The van der Waals surface area contributed by atoms with Crippen molar-refractivity contribution in [2.45, 2.75) is 178 Å². The van der Waals surface area contributed by atoms with Gasteiger partial charge in [-0.15, -0.1) is 0 Å². The van der Waals surface area contributed by atoms with E-state index in [9.17, 15) is 18.0 Å². The van der Waals surface area contributed by atoms with E-state index in [1.165, 1.54) is 84.0 Å². The van der Waals surface area contributed by atoms with Gasteiger partial charge in [-0.05, 0) is 32.6 Å². The Morgan fingerprint density at radius 2 is 1.27 bits per heavy atom. The number of esters is 1. The van der Waals surface area contributed by atoms with Crippen LogP contribution >= 0.6 is 0 Å². The smallest absolute Gasteiger partial charge is 0.446 e. The first-order valence-corrected chi connectivity index (χ1v) is 16.1. The average Bonchev–Trinajstić information content (AvgIpc) is 3.38. The summed E-state index contributed by atoms with van der Waals surface area (Å²) in [5.74, 6) is -9.92. The van der Waals surface area contributed by atoms with Crippen molar-refractivity contribution < 1.29 is 41.0 Å². The van der Waals surface area contributed by atoms with Crippen LogP contribution in [0.3, 0.4) is 0 Å². The van der Waals surface area contributed by atoms with E-state index in [1.54, 1.807) is 0 Å². The number of ether oxygens (including phenoxy) is 3. The van der Waals surface area contributed by atoms with Crippen LogP contribution in [0, 0.1) is 0 Å². The van der Waals surface area contributed by atoms with Crippen LogP contribution in [0.2, 0.25) is 0 Å². The van der Waals surface area contributed by atoms with Gasteiger partial charge in [0.2, 0.25) is 5.60 Å². The maximum atomic E-state index is 15.7. The highest BCUT2D eigenvalue weighted by atomic mass is 19.4. The summed E-state index contributed by atoms with van der Waals surface area (Å²) < 4.78 is 88.5. The van der Waals surface area contributed by atoms with Crippen molar-refractivity contribution in [1.82, 2.24) is 0 Å². The lowest BCUT2D eigenvalue weighted by Crippen LogP contribution is -2.65. The Kier molecular flexibility index (Phi) is 15.1. The van der Waals surface area contributed by atoms with Crippen LogP contribution in [0.15, 0.2) is 12.2 Å². The van der Waals surface area contributed by atoms with Gasteiger partial charge in [-0.3, -0.25) is 0 Å². The molecule has 0 bridgehead atoms. The summed E-state index contributed by atoms with van der Waals surface area (Å²) >= 11 is 0. The fraction of sp³-hybridized carbons (Fsp3) is 0.906. The summed E-state index contributed by atoms with van der Waals surface area (Å²) in [5.41, 5.74) is -2.91. The quantitative estimate of drug-likeness (QED) is 0.0540. The van der Waals surface area contributed by atoms with E-state index in [-0.39, 0.29) is 24.8 Å². The number of carbonyl (C=O) groups is 1. The first kappa shape index (κ1) is 36.0. The number of unbranched alkanes of at least 4 members (excludes halogenated alkanes) is 17. The number of hydrogen-bond acceptors (Lipinski definition) is 4. The zero-order valence-electron chi connectivity index (χ0n) is 25.4. The molecule has 3 unspecified atom stereocenters. The second-order valence-electron chi connectivity index (χ2n) is 12.1. The van der Waals surface area contributed by atoms with E-state index in [0.717, 1.165) is 25.7 Å². The Bertz CT molecular complexity index is 787. The van der Waals surface area contributed by atoms with Crippen LogP contribution in [-0.2, 0) is 19.0 Å². The molecule has 41 heavy (non-hydrogen) atoms. The average molecular weight is 597 g/mol. The van der Waals surface area contributed by atoms with Crippen LogP contribution in [0.5, 0.6) is 0 Å². The molecule has 1 heterocycles. The summed E-state index contributed by atoms with van der Waals surface area (Å²) in [5, 5.41) is 0. The third-order valence-corrected chi connectivity index (χ3v) is 8.59. The van der Waals surface area contributed by atoms with Crippen LogP contribution in [-0.4, -0.2) is 42.2 Å². The molecule has 0 aromatic carbocycles. The van der Waals surface area contributed by atoms with Gasteiger partial charge in [-0.2, -0.15) is 22.0 Å². The molecule has 2 aliphatic rings. The second-order valence-corrected chi connectivity index (χ2v) is 12.1. The Balaban J connectivity index is 1.63. The molecule has 240 valence electrons.